The average molecular weight is 955 g/mol. The Hall–Kier alpha value is -2.11. The summed E-state index contributed by atoms with van der Waals surface area (Å²) in [6.45, 7) is 2.84. The van der Waals surface area contributed by atoms with Crippen LogP contribution in [0, 0.1) is 0 Å². The van der Waals surface area contributed by atoms with Crippen LogP contribution in [0.2, 0.25) is 0 Å². The van der Waals surface area contributed by atoms with Crippen molar-refractivity contribution in [3.8, 4) is 0 Å². The smallest absolute Gasteiger partial charge is 0.462 e. The molecule has 0 radical (unpaired) electrons. The normalized spacial score (nSPS) is 22.0. The van der Waals surface area contributed by atoms with E-state index in [1.807, 2.05) is 12.2 Å². The number of esters is 2. The third-order valence-corrected chi connectivity index (χ3v) is 12.2. The van der Waals surface area contributed by atoms with E-state index in [2.05, 4.69) is 30.5 Å². The zero-order chi connectivity index (χ0) is 47.6. The fourth-order valence-corrected chi connectivity index (χ4v) is 8.55. The van der Waals surface area contributed by atoms with Gasteiger partial charge in [-0.1, -0.05) is 134 Å². The van der Waals surface area contributed by atoms with Gasteiger partial charge in [0, 0.05) is 19.3 Å². The summed E-state index contributed by atoms with van der Waals surface area (Å²) in [4.78, 5) is 66.0. The van der Waals surface area contributed by atoms with Crippen molar-refractivity contribution in [3.63, 3.8) is 0 Å². The summed E-state index contributed by atoms with van der Waals surface area (Å²) in [6, 6.07) is 0. The van der Waals surface area contributed by atoms with E-state index in [1.54, 1.807) is 12.2 Å². The van der Waals surface area contributed by atoms with Crippen LogP contribution < -0.4 is 0 Å². The summed E-state index contributed by atoms with van der Waals surface area (Å²) in [5.41, 5.74) is 0. The second-order valence-corrected chi connectivity index (χ2v) is 19.1. The standard InChI is InChI=1S/C45H80O17P2/c1-3-5-7-8-9-10-11-12-13-14-15-18-22-25-29-33-39(48)60-37(34-58-38(47)32-28-24-21-19-16-17-20-23-27-31-36(46)30-26-6-4-2)35-59-64(56,57)62-45-42(51)40(49)41(50)44(43(45)52)61-63(53,54)55/h5,7,20,23,27,31,37,40-45,49-52H,3-4,6,8-19,21-22,24-26,28-30,32-35H2,1-2H3,(H,56,57)(H2,53,54,55)/b7-5-,23-20-,31-27+/t37-,40?,41?,42?,43?,44-,45+/m1/s1. The van der Waals surface area contributed by atoms with Gasteiger partial charge in [0.05, 0.1) is 6.61 Å². The summed E-state index contributed by atoms with van der Waals surface area (Å²) in [6.07, 6.45) is 19.4. The third-order valence-electron chi connectivity index (χ3n) is 10.7. The van der Waals surface area contributed by atoms with Crippen LogP contribution in [0.15, 0.2) is 36.5 Å². The Kier molecular flexibility index (Phi) is 33.7. The van der Waals surface area contributed by atoms with E-state index in [1.165, 1.54) is 38.5 Å². The molecule has 1 aliphatic carbocycles. The number of ether oxygens (including phenoxy) is 2. The lowest BCUT2D eigenvalue weighted by Gasteiger charge is -2.43. The molecule has 7 N–H and O–H groups in total. The highest BCUT2D eigenvalue weighted by Crippen LogP contribution is 2.49. The third kappa shape index (κ3) is 30.2. The second kappa shape index (κ2) is 36.0. The van der Waals surface area contributed by atoms with E-state index >= 15 is 0 Å². The van der Waals surface area contributed by atoms with E-state index in [0.29, 0.717) is 19.3 Å². The second-order valence-electron chi connectivity index (χ2n) is 16.5. The quantitative estimate of drug-likeness (QED) is 0.00770. The Bertz CT molecular complexity index is 1450. The van der Waals surface area contributed by atoms with Crippen LogP contribution in [-0.4, -0.2) is 109 Å². The zero-order valence-electron chi connectivity index (χ0n) is 38.2. The van der Waals surface area contributed by atoms with Gasteiger partial charge in [-0.05, 0) is 57.4 Å². The number of unbranched alkanes of at least 4 members (excludes halogenated alkanes) is 18. The lowest BCUT2D eigenvalue weighted by molar-refractivity contribution is -0.216. The molecule has 19 heteroatoms. The molecular formula is C45H80O17P2. The molecule has 0 spiro atoms. The van der Waals surface area contributed by atoms with Crippen molar-refractivity contribution in [1.82, 2.24) is 0 Å². The highest BCUT2D eigenvalue weighted by atomic mass is 31.2. The molecule has 0 aromatic heterocycles. The minimum absolute atomic E-state index is 0.0259. The van der Waals surface area contributed by atoms with Gasteiger partial charge in [-0.3, -0.25) is 28.0 Å². The van der Waals surface area contributed by atoms with Crippen LogP contribution >= 0.6 is 15.6 Å². The summed E-state index contributed by atoms with van der Waals surface area (Å²) in [5.74, 6) is -1.14. The van der Waals surface area contributed by atoms with E-state index in [4.69, 9.17) is 28.3 Å². The first-order valence-corrected chi connectivity index (χ1v) is 26.5. The van der Waals surface area contributed by atoms with Crippen molar-refractivity contribution in [3.05, 3.63) is 36.5 Å². The van der Waals surface area contributed by atoms with E-state index in [-0.39, 0.29) is 18.6 Å². The molecule has 0 aromatic carbocycles. The average Bonchev–Trinajstić information content (AvgIpc) is 3.24. The first-order valence-electron chi connectivity index (χ1n) is 23.5. The molecule has 8 atom stereocenters. The fourth-order valence-electron chi connectivity index (χ4n) is 7.01. The summed E-state index contributed by atoms with van der Waals surface area (Å²) < 4.78 is 49.3. The zero-order valence-corrected chi connectivity index (χ0v) is 40.0. The number of ketones is 1. The molecule has 0 aliphatic heterocycles. The van der Waals surface area contributed by atoms with Crippen molar-refractivity contribution in [2.75, 3.05) is 13.2 Å². The molecule has 1 aliphatic rings. The first-order chi connectivity index (χ1) is 30.5. The van der Waals surface area contributed by atoms with Crippen LogP contribution in [0.4, 0.5) is 0 Å². The lowest BCUT2D eigenvalue weighted by Crippen LogP contribution is -2.64. The van der Waals surface area contributed by atoms with Gasteiger partial charge >= 0.3 is 27.6 Å². The molecule has 1 fully saturated rings. The van der Waals surface area contributed by atoms with Crippen molar-refractivity contribution in [1.29, 1.82) is 0 Å². The molecule has 0 saturated heterocycles. The molecule has 17 nitrogen and oxygen atoms in total. The topological polar surface area (TPSA) is 273 Å². The predicted molar refractivity (Wildman–Crippen MR) is 242 cm³/mol. The molecule has 1 saturated carbocycles. The number of rotatable bonds is 39. The minimum Gasteiger partial charge on any atom is -0.462 e. The van der Waals surface area contributed by atoms with Crippen LogP contribution in [0.5, 0.6) is 0 Å². The van der Waals surface area contributed by atoms with E-state index in [9.17, 15) is 48.8 Å². The number of carbonyl (C=O) groups is 3. The van der Waals surface area contributed by atoms with Gasteiger partial charge < -0.3 is 44.6 Å². The van der Waals surface area contributed by atoms with Crippen molar-refractivity contribution in [2.45, 2.75) is 217 Å². The number of aliphatic hydroxyl groups excluding tert-OH is 4. The van der Waals surface area contributed by atoms with Crippen LogP contribution in [-0.2, 0) is 46.6 Å². The molecule has 64 heavy (non-hydrogen) atoms. The Morgan fingerprint density at radius 3 is 1.59 bits per heavy atom. The highest BCUT2D eigenvalue weighted by molar-refractivity contribution is 7.47. The first kappa shape index (κ1) is 59.9. The molecule has 0 amide bonds. The molecule has 372 valence electrons. The molecule has 0 bridgehead atoms. The Morgan fingerprint density at radius 1 is 0.547 bits per heavy atom. The number of phosphoric ester groups is 2. The lowest BCUT2D eigenvalue weighted by atomic mass is 9.85. The Labute approximate surface area is 380 Å². The Balaban J connectivity index is 2.62. The van der Waals surface area contributed by atoms with Gasteiger partial charge in [0.2, 0.25) is 0 Å². The monoisotopic (exact) mass is 954 g/mol. The maximum atomic E-state index is 13.0. The maximum Gasteiger partial charge on any atom is 0.472 e. The van der Waals surface area contributed by atoms with Crippen LogP contribution in [0.1, 0.15) is 174 Å². The van der Waals surface area contributed by atoms with Gasteiger partial charge in [-0.15, -0.1) is 0 Å². The SMILES string of the molecule is CC/C=C\CCCCCCCCCCCCCC(=O)O[C@H](COC(=O)CCCCCCC/C=C\C=C\C(=O)CCCCC)COP(=O)(O)O[C@H]1C(O)C(O)C(O)[C@@H](OP(=O)(O)O)C1O. The minimum atomic E-state index is -5.37. The van der Waals surface area contributed by atoms with Gasteiger partial charge in [0.15, 0.2) is 11.9 Å². The summed E-state index contributed by atoms with van der Waals surface area (Å²) in [5, 5.41) is 41.2. The molecular weight excluding hydrogens is 874 g/mol. The maximum absolute atomic E-state index is 13.0. The summed E-state index contributed by atoms with van der Waals surface area (Å²) >= 11 is 0. The van der Waals surface area contributed by atoms with Gasteiger partial charge in [0.1, 0.15) is 43.2 Å². The van der Waals surface area contributed by atoms with Gasteiger partial charge in [0.25, 0.3) is 0 Å². The molecule has 0 aromatic rings. The van der Waals surface area contributed by atoms with Crippen LogP contribution in [0.25, 0.3) is 0 Å². The number of aliphatic hydroxyl groups is 4. The van der Waals surface area contributed by atoms with Gasteiger partial charge in [-0.2, -0.15) is 0 Å². The number of allylic oxidation sites excluding steroid dienone is 6. The highest BCUT2D eigenvalue weighted by Gasteiger charge is 2.54. The predicted octanol–water partition coefficient (Wildman–Crippen LogP) is 7.91. The number of phosphoric acid groups is 2. The van der Waals surface area contributed by atoms with Crippen molar-refractivity contribution in [2.24, 2.45) is 0 Å². The molecule has 5 unspecified atom stereocenters. The van der Waals surface area contributed by atoms with Crippen LogP contribution in [0.3, 0.4) is 0 Å². The number of hydrogen-bond acceptors (Lipinski definition) is 14. The Morgan fingerprint density at radius 2 is 1.05 bits per heavy atom. The fraction of sp³-hybridized carbons (Fsp3) is 0.800. The van der Waals surface area contributed by atoms with Crippen molar-refractivity contribution >= 4 is 33.4 Å². The van der Waals surface area contributed by atoms with E-state index < -0.39 is 83.5 Å². The largest absolute Gasteiger partial charge is 0.472 e. The number of hydrogen-bond donors (Lipinski definition) is 7. The molecule has 0 heterocycles. The molecule has 1 rings (SSSR count). The summed E-state index contributed by atoms with van der Waals surface area (Å²) in [7, 11) is -10.7. The van der Waals surface area contributed by atoms with Crippen molar-refractivity contribution < 1.29 is 81.7 Å². The van der Waals surface area contributed by atoms with E-state index in [0.717, 1.165) is 89.9 Å². The number of carbonyl (C=O) groups excluding carboxylic acids is 3. The van der Waals surface area contributed by atoms with Gasteiger partial charge in [-0.25, -0.2) is 9.13 Å².